The number of carbonyl (C=O) groups excluding carboxylic acids is 2. The van der Waals surface area contributed by atoms with Crippen LogP contribution in [-0.4, -0.2) is 60.4 Å². The zero-order valence-electron chi connectivity index (χ0n) is 13.2. The average molecular weight is 318 g/mol. The molecule has 7 heteroatoms. The van der Waals surface area contributed by atoms with Crippen LogP contribution in [0.15, 0.2) is 18.2 Å². The molecule has 3 N–H and O–H groups in total. The third-order valence-corrected chi connectivity index (χ3v) is 4.23. The Morgan fingerprint density at radius 1 is 1.30 bits per heavy atom. The minimum atomic E-state index is -0.452. The number of anilines is 1. The largest absolute Gasteiger partial charge is 0.479 e. The van der Waals surface area contributed by atoms with Crippen molar-refractivity contribution < 1.29 is 14.3 Å². The molecule has 1 aromatic rings. The van der Waals surface area contributed by atoms with Crippen LogP contribution in [0.3, 0.4) is 0 Å². The van der Waals surface area contributed by atoms with Gasteiger partial charge in [0.1, 0.15) is 5.75 Å². The maximum atomic E-state index is 11.7. The zero-order chi connectivity index (χ0) is 16.4. The second-order valence-corrected chi connectivity index (χ2v) is 6.10. The van der Waals surface area contributed by atoms with Crippen LogP contribution < -0.4 is 15.8 Å². The third-order valence-electron chi connectivity index (χ3n) is 4.23. The summed E-state index contributed by atoms with van der Waals surface area (Å²) in [4.78, 5) is 27.0. The fraction of sp³-hybridized carbons (Fsp3) is 0.500. The van der Waals surface area contributed by atoms with Crippen LogP contribution in [0.2, 0.25) is 0 Å². The molecule has 0 saturated carbocycles. The number of amides is 2. The summed E-state index contributed by atoms with van der Waals surface area (Å²) in [5.41, 5.74) is 7.09. The number of carbonyl (C=O) groups is 2. The third kappa shape index (κ3) is 3.80. The summed E-state index contributed by atoms with van der Waals surface area (Å²) in [6.45, 7) is 6.33. The Hall–Kier alpha value is -2.12. The lowest BCUT2D eigenvalue weighted by atomic mass is 10.1. The molecule has 0 bridgehead atoms. The highest BCUT2D eigenvalue weighted by Gasteiger charge is 2.24. The SMILES string of the molecule is CC1Oc2ccc(CN3CCN(CC(N)=O)CC3)cc2NC1=O. The molecule has 23 heavy (non-hydrogen) atoms. The van der Waals surface area contributed by atoms with Crippen LogP contribution in [0.4, 0.5) is 5.69 Å². The molecule has 1 atom stereocenters. The average Bonchev–Trinajstić information content (AvgIpc) is 2.50. The molecule has 0 radical (unpaired) electrons. The number of hydrogen-bond donors (Lipinski definition) is 2. The molecule has 1 unspecified atom stereocenters. The lowest BCUT2D eigenvalue weighted by molar-refractivity contribution is -0.122. The van der Waals surface area contributed by atoms with Gasteiger partial charge in [-0.1, -0.05) is 6.07 Å². The van der Waals surface area contributed by atoms with Gasteiger partial charge in [0.15, 0.2) is 6.10 Å². The van der Waals surface area contributed by atoms with Gasteiger partial charge in [-0.15, -0.1) is 0 Å². The van der Waals surface area contributed by atoms with E-state index in [1.54, 1.807) is 6.92 Å². The molecule has 3 rings (SSSR count). The van der Waals surface area contributed by atoms with Crippen molar-refractivity contribution in [2.75, 3.05) is 38.0 Å². The molecule has 2 aliphatic rings. The number of rotatable bonds is 4. The predicted octanol–water partition coefficient (Wildman–Crippen LogP) is 0.00890. The minimum absolute atomic E-state index is 0.116. The predicted molar refractivity (Wildman–Crippen MR) is 86.1 cm³/mol. The number of benzene rings is 1. The Labute approximate surface area is 135 Å². The number of primary amides is 1. The highest BCUT2D eigenvalue weighted by Crippen LogP contribution is 2.30. The summed E-state index contributed by atoms with van der Waals surface area (Å²) in [7, 11) is 0. The van der Waals surface area contributed by atoms with E-state index in [-0.39, 0.29) is 11.8 Å². The van der Waals surface area contributed by atoms with E-state index in [1.165, 1.54) is 0 Å². The number of nitrogens with zero attached hydrogens (tertiary/aromatic N) is 2. The van der Waals surface area contributed by atoms with Crippen molar-refractivity contribution >= 4 is 17.5 Å². The normalized spacial score (nSPS) is 22.1. The van der Waals surface area contributed by atoms with Gasteiger partial charge in [-0.2, -0.15) is 0 Å². The maximum absolute atomic E-state index is 11.7. The molecular weight excluding hydrogens is 296 g/mol. The summed E-state index contributed by atoms with van der Waals surface area (Å²) in [5, 5.41) is 2.87. The molecule has 124 valence electrons. The van der Waals surface area contributed by atoms with E-state index < -0.39 is 6.10 Å². The van der Waals surface area contributed by atoms with Gasteiger partial charge >= 0.3 is 0 Å². The van der Waals surface area contributed by atoms with E-state index in [1.807, 2.05) is 18.2 Å². The van der Waals surface area contributed by atoms with E-state index >= 15 is 0 Å². The highest BCUT2D eigenvalue weighted by atomic mass is 16.5. The summed E-state index contributed by atoms with van der Waals surface area (Å²) in [6, 6.07) is 5.90. The van der Waals surface area contributed by atoms with Gasteiger partial charge in [-0.3, -0.25) is 19.4 Å². The van der Waals surface area contributed by atoms with E-state index in [0.717, 1.165) is 44.0 Å². The summed E-state index contributed by atoms with van der Waals surface area (Å²) >= 11 is 0. The molecule has 1 fully saturated rings. The van der Waals surface area contributed by atoms with Gasteiger partial charge in [0, 0.05) is 32.7 Å². The Balaban J connectivity index is 1.58. The van der Waals surface area contributed by atoms with Crippen molar-refractivity contribution in [3.8, 4) is 5.75 Å². The zero-order valence-corrected chi connectivity index (χ0v) is 13.2. The second-order valence-electron chi connectivity index (χ2n) is 6.10. The topological polar surface area (TPSA) is 87.9 Å². The quantitative estimate of drug-likeness (QED) is 0.816. The van der Waals surface area contributed by atoms with Gasteiger partial charge in [0.2, 0.25) is 5.91 Å². The first kappa shape index (κ1) is 15.8. The number of fused-ring (bicyclic) bond motifs is 1. The van der Waals surface area contributed by atoms with Crippen molar-refractivity contribution in [3.05, 3.63) is 23.8 Å². The summed E-state index contributed by atoms with van der Waals surface area (Å²) in [6.07, 6.45) is -0.452. The van der Waals surface area contributed by atoms with Crippen LogP contribution in [0.25, 0.3) is 0 Å². The first-order valence-corrected chi connectivity index (χ1v) is 7.85. The standard InChI is InChI=1S/C16H22N4O3/c1-11-16(22)18-13-8-12(2-3-14(13)23-11)9-19-4-6-20(7-5-19)10-15(17)21/h2-3,8,11H,4-7,9-10H2,1H3,(H2,17,21)(H,18,22). The lowest BCUT2D eigenvalue weighted by Gasteiger charge is -2.34. The van der Waals surface area contributed by atoms with Gasteiger partial charge in [-0.25, -0.2) is 0 Å². The first-order valence-electron chi connectivity index (χ1n) is 7.85. The van der Waals surface area contributed by atoms with Crippen LogP contribution in [0.1, 0.15) is 12.5 Å². The number of ether oxygens (including phenoxy) is 1. The van der Waals surface area contributed by atoms with Gasteiger partial charge in [-0.05, 0) is 24.6 Å². The van der Waals surface area contributed by atoms with Gasteiger partial charge < -0.3 is 15.8 Å². The molecule has 2 amide bonds. The first-order chi connectivity index (χ1) is 11.0. The smallest absolute Gasteiger partial charge is 0.265 e. The van der Waals surface area contributed by atoms with Crippen molar-refractivity contribution in [2.45, 2.75) is 19.6 Å². The highest BCUT2D eigenvalue weighted by molar-refractivity contribution is 5.97. The van der Waals surface area contributed by atoms with Crippen molar-refractivity contribution in [1.82, 2.24) is 9.80 Å². The fourth-order valence-corrected chi connectivity index (χ4v) is 2.94. The van der Waals surface area contributed by atoms with E-state index in [9.17, 15) is 9.59 Å². The number of hydrogen-bond acceptors (Lipinski definition) is 5. The molecule has 7 nitrogen and oxygen atoms in total. The van der Waals surface area contributed by atoms with E-state index in [4.69, 9.17) is 10.5 Å². The Kier molecular flexibility index (Phi) is 4.49. The monoisotopic (exact) mass is 318 g/mol. The molecule has 0 aliphatic carbocycles. The molecule has 2 heterocycles. The minimum Gasteiger partial charge on any atom is -0.479 e. The van der Waals surface area contributed by atoms with Crippen LogP contribution >= 0.6 is 0 Å². The summed E-state index contributed by atoms with van der Waals surface area (Å²) in [5.74, 6) is 0.319. The van der Waals surface area contributed by atoms with Gasteiger partial charge in [0.05, 0.1) is 12.2 Å². The van der Waals surface area contributed by atoms with Crippen LogP contribution in [0, 0.1) is 0 Å². The van der Waals surface area contributed by atoms with Crippen molar-refractivity contribution in [3.63, 3.8) is 0 Å². The van der Waals surface area contributed by atoms with Crippen LogP contribution in [0.5, 0.6) is 5.75 Å². The number of nitrogens with one attached hydrogen (secondary N) is 1. The molecule has 1 aromatic carbocycles. The number of nitrogens with two attached hydrogens (primary N) is 1. The van der Waals surface area contributed by atoms with E-state index in [0.29, 0.717) is 12.3 Å². The second kappa shape index (κ2) is 6.55. The molecule has 0 spiro atoms. The fourth-order valence-electron chi connectivity index (χ4n) is 2.94. The molecule has 1 saturated heterocycles. The lowest BCUT2D eigenvalue weighted by Crippen LogP contribution is -2.48. The van der Waals surface area contributed by atoms with E-state index in [2.05, 4.69) is 15.1 Å². The molecule has 0 aromatic heterocycles. The Morgan fingerprint density at radius 3 is 2.70 bits per heavy atom. The molecule has 2 aliphatic heterocycles. The molecular formula is C16H22N4O3. The van der Waals surface area contributed by atoms with Crippen molar-refractivity contribution in [1.29, 1.82) is 0 Å². The van der Waals surface area contributed by atoms with Gasteiger partial charge in [0.25, 0.3) is 5.91 Å². The Morgan fingerprint density at radius 2 is 2.00 bits per heavy atom. The maximum Gasteiger partial charge on any atom is 0.265 e. The number of piperazine rings is 1. The Bertz CT molecular complexity index is 611. The van der Waals surface area contributed by atoms with Crippen molar-refractivity contribution in [2.24, 2.45) is 5.73 Å². The van der Waals surface area contributed by atoms with Crippen LogP contribution in [-0.2, 0) is 16.1 Å². The summed E-state index contributed by atoms with van der Waals surface area (Å²) < 4.78 is 5.56.